The van der Waals surface area contributed by atoms with Gasteiger partial charge in [0.05, 0.1) is 5.56 Å². The van der Waals surface area contributed by atoms with Gasteiger partial charge in [0, 0.05) is 30.1 Å². The highest BCUT2D eigenvalue weighted by Gasteiger charge is 2.17. The summed E-state index contributed by atoms with van der Waals surface area (Å²) in [7, 11) is 0. The van der Waals surface area contributed by atoms with Crippen LogP contribution < -0.4 is 5.56 Å². The lowest BCUT2D eigenvalue weighted by Crippen LogP contribution is -2.33. The lowest BCUT2D eigenvalue weighted by atomic mass is 10.1. The highest BCUT2D eigenvalue weighted by Crippen LogP contribution is 2.16. The number of nitrogens with zero attached hydrogens (tertiary/aromatic N) is 1. The van der Waals surface area contributed by atoms with E-state index in [2.05, 4.69) is 11.6 Å². The highest BCUT2D eigenvalue weighted by atomic mass is 16.2. The molecular weight excluding hydrogens is 252 g/mol. The molecule has 0 spiro atoms. The summed E-state index contributed by atoms with van der Waals surface area (Å²) in [6, 6.07) is 8.69. The monoisotopic (exact) mass is 270 g/mol. The zero-order valence-corrected chi connectivity index (χ0v) is 11.8. The lowest BCUT2D eigenvalue weighted by molar-refractivity contribution is 0.0780. The van der Waals surface area contributed by atoms with Gasteiger partial charge < -0.3 is 9.88 Å². The van der Waals surface area contributed by atoms with Crippen molar-refractivity contribution in [1.29, 1.82) is 0 Å². The van der Waals surface area contributed by atoms with Gasteiger partial charge in [-0.05, 0) is 19.9 Å². The fourth-order valence-electron chi connectivity index (χ4n) is 2.20. The van der Waals surface area contributed by atoms with E-state index in [1.807, 2.05) is 32.0 Å². The number of pyridine rings is 1. The van der Waals surface area contributed by atoms with Gasteiger partial charge in [-0.15, -0.1) is 0 Å². The molecule has 0 atom stereocenters. The number of benzene rings is 1. The van der Waals surface area contributed by atoms with Crippen LogP contribution in [-0.4, -0.2) is 28.9 Å². The van der Waals surface area contributed by atoms with Crippen molar-refractivity contribution in [3.63, 3.8) is 0 Å². The summed E-state index contributed by atoms with van der Waals surface area (Å²) in [6.07, 6.45) is 0. The number of carbonyl (C=O) groups is 1. The van der Waals surface area contributed by atoms with Crippen LogP contribution in [0.25, 0.3) is 10.9 Å². The number of nitrogens with one attached hydrogen (secondary N) is 1. The van der Waals surface area contributed by atoms with Crippen molar-refractivity contribution in [3.05, 3.63) is 58.4 Å². The maximum Gasteiger partial charge on any atom is 0.255 e. The average molecular weight is 270 g/mol. The van der Waals surface area contributed by atoms with Gasteiger partial charge in [0.15, 0.2) is 0 Å². The molecule has 1 N–H and O–H groups in total. The Bertz CT molecular complexity index is 716. The van der Waals surface area contributed by atoms with E-state index < -0.39 is 0 Å². The minimum atomic E-state index is -0.265. The molecule has 0 aliphatic heterocycles. The first kappa shape index (κ1) is 14.1. The standard InChI is InChI=1S/C16H18N2O2/c1-4-18(10-11(2)3)16(20)13-9-15(19)17-14-8-6-5-7-12(13)14/h5-9H,2,4,10H2,1,3H3,(H,17,19). The maximum absolute atomic E-state index is 12.6. The molecule has 0 aliphatic rings. The topological polar surface area (TPSA) is 53.2 Å². The molecule has 1 amide bonds. The van der Waals surface area contributed by atoms with Crippen LogP contribution in [0.5, 0.6) is 0 Å². The van der Waals surface area contributed by atoms with Crippen molar-refractivity contribution in [2.24, 2.45) is 0 Å². The number of fused-ring (bicyclic) bond motifs is 1. The van der Waals surface area contributed by atoms with Crippen molar-refractivity contribution in [3.8, 4) is 0 Å². The molecule has 0 radical (unpaired) electrons. The molecule has 1 heterocycles. The molecule has 20 heavy (non-hydrogen) atoms. The quantitative estimate of drug-likeness (QED) is 0.868. The van der Waals surface area contributed by atoms with Crippen molar-refractivity contribution in [2.75, 3.05) is 13.1 Å². The molecule has 4 heteroatoms. The van der Waals surface area contributed by atoms with E-state index in [1.54, 1.807) is 11.0 Å². The van der Waals surface area contributed by atoms with Gasteiger partial charge in [-0.1, -0.05) is 30.4 Å². The summed E-state index contributed by atoms with van der Waals surface area (Å²) in [5, 5.41) is 0.761. The van der Waals surface area contributed by atoms with Crippen LogP contribution in [0.3, 0.4) is 0 Å². The van der Waals surface area contributed by atoms with Crippen LogP contribution >= 0.6 is 0 Å². The molecule has 2 rings (SSSR count). The smallest absolute Gasteiger partial charge is 0.255 e. The van der Waals surface area contributed by atoms with Crippen molar-refractivity contribution < 1.29 is 4.79 Å². The number of amides is 1. The van der Waals surface area contributed by atoms with Crippen LogP contribution in [0, 0.1) is 0 Å². The predicted octanol–water partition coefficient (Wildman–Crippen LogP) is 2.57. The molecule has 104 valence electrons. The second kappa shape index (κ2) is 5.74. The number of likely N-dealkylation sites (N-methyl/N-ethyl adjacent to an activating group) is 1. The summed E-state index contributed by atoms with van der Waals surface area (Å²) in [5.41, 5.74) is 1.76. The van der Waals surface area contributed by atoms with Gasteiger partial charge in [-0.3, -0.25) is 9.59 Å². The third kappa shape index (κ3) is 2.79. The van der Waals surface area contributed by atoms with Gasteiger partial charge in [0.25, 0.3) is 5.91 Å². The van der Waals surface area contributed by atoms with E-state index in [1.165, 1.54) is 6.07 Å². The molecule has 0 unspecified atom stereocenters. The number of rotatable bonds is 4. The maximum atomic E-state index is 12.6. The Hall–Kier alpha value is -2.36. The number of H-pyrrole nitrogens is 1. The van der Waals surface area contributed by atoms with E-state index in [0.29, 0.717) is 24.2 Å². The Morgan fingerprint density at radius 2 is 2.05 bits per heavy atom. The second-order valence-electron chi connectivity index (χ2n) is 4.87. The Morgan fingerprint density at radius 3 is 2.70 bits per heavy atom. The van der Waals surface area contributed by atoms with Crippen molar-refractivity contribution in [2.45, 2.75) is 13.8 Å². The Balaban J connectivity index is 2.53. The molecule has 0 bridgehead atoms. The molecule has 0 fully saturated rings. The average Bonchev–Trinajstić information content (AvgIpc) is 2.42. The Labute approximate surface area is 117 Å². The zero-order chi connectivity index (χ0) is 14.7. The van der Waals surface area contributed by atoms with Gasteiger partial charge in [0.1, 0.15) is 0 Å². The largest absolute Gasteiger partial charge is 0.335 e. The van der Waals surface area contributed by atoms with Crippen LogP contribution in [0.2, 0.25) is 0 Å². The first-order valence-electron chi connectivity index (χ1n) is 6.58. The summed E-state index contributed by atoms with van der Waals surface area (Å²) in [5.74, 6) is -0.141. The van der Waals surface area contributed by atoms with Crippen molar-refractivity contribution in [1.82, 2.24) is 9.88 Å². The van der Waals surface area contributed by atoms with Crippen LogP contribution in [-0.2, 0) is 0 Å². The van der Waals surface area contributed by atoms with E-state index >= 15 is 0 Å². The van der Waals surface area contributed by atoms with E-state index in [9.17, 15) is 9.59 Å². The fraction of sp³-hybridized carbons (Fsp3) is 0.250. The number of para-hydroxylation sites is 1. The molecule has 0 saturated heterocycles. The third-order valence-corrected chi connectivity index (χ3v) is 3.11. The van der Waals surface area contributed by atoms with Crippen LogP contribution in [0.4, 0.5) is 0 Å². The SMILES string of the molecule is C=C(C)CN(CC)C(=O)c1cc(=O)[nH]c2ccccc12. The number of carbonyl (C=O) groups excluding carboxylic acids is 1. The molecule has 0 aliphatic carbocycles. The first-order valence-corrected chi connectivity index (χ1v) is 6.58. The zero-order valence-electron chi connectivity index (χ0n) is 11.8. The van der Waals surface area contributed by atoms with Gasteiger partial charge in [-0.25, -0.2) is 0 Å². The fourth-order valence-corrected chi connectivity index (χ4v) is 2.20. The minimum absolute atomic E-state index is 0.141. The van der Waals surface area contributed by atoms with E-state index in [0.717, 1.165) is 11.0 Å². The summed E-state index contributed by atoms with van der Waals surface area (Å²) in [4.78, 5) is 28.7. The number of aromatic amines is 1. The molecule has 4 nitrogen and oxygen atoms in total. The Kier molecular flexibility index (Phi) is 4.03. The molecular formula is C16H18N2O2. The summed E-state index contributed by atoms with van der Waals surface area (Å²) < 4.78 is 0. The minimum Gasteiger partial charge on any atom is -0.335 e. The predicted molar refractivity (Wildman–Crippen MR) is 81.0 cm³/mol. The number of hydrogen-bond acceptors (Lipinski definition) is 2. The van der Waals surface area contributed by atoms with Crippen LogP contribution in [0.15, 0.2) is 47.3 Å². The normalized spacial score (nSPS) is 10.5. The highest BCUT2D eigenvalue weighted by molar-refractivity contribution is 6.06. The summed E-state index contributed by atoms with van der Waals surface area (Å²) >= 11 is 0. The van der Waals surface area contributed by atoms with Gasteiger partial charge >= 0.3 is 0 Å². The molecule has 1 aromatic carbocycles. The van der Waals surface area contributed by atoms with Gasteiger partial charge in [0.2, 0.25) is 5.56 Å². The third-order valence-electron chi connectivity index (χ3n) is 3.11. The van der Waals surface area contributed by atoms with Crippen LogP contribution in [0.1, 0.15) is 24.2 Å². The lowest BCUT2D eigenvalue weighted by Gasteiger charge is -2.21. The molecule has 2 aromatic rings. The number of hydrogen-bond donors (Lipinski definition) is 1. The van der Waals surface area contributed by atoms with Gasteiger partial charge in [-0.2, -0.15) is 0 Å². The van der Waals surface area contributed by atoms with E-state index in [4.69, 9.17) is 0 Å². The molecule has 1 aromatic heterocycles. The first-order chi connectivity index (χ1) is 9.52. The molecule has 0 saturated carbocycles. The van der Waals surface area contributed by atoms with E-state index in [-0.39, 0.29) is 11.5 Å². The second-order valence-corrected chi connectivity index (χ2v) is 4.87. The Morgan fingerprint density at radius 1 is 1.35 bits per heavy atom. The van der Waals surface area contributed by atoms with Crippen molar-refractivity contribution >= 4 is 16.8 Å². The number of aromatic nitrogens is 1. The summed E-state index contributed by atoms with van der Waals surface area (Å²) in [6.45, 7) is 8.70.